The molecular formula is C11H11N3O2. The predicted octanol–water partition coefficient (Wildman–Crippen LogP) is 2.22. The number of aryl methyl sites for hydroxylation is 1. The van der Waals surface area contributed by atoms with E-state index >= 15 is 0 Å². The van der Waals surface area contributed by atoms with Gasteiger partial charge in [0, 0.05) is 30.4 Å². The van der Waals surface area contributed by atoms with Crippen molar-refractivity contribution in [2.45, 2.75) is 13.3 Å². The van der Waals surface area contributed by atoms with Gasteiger partial charge in [-0.15, -0.1) is 0 Å². The Balaban J connectivity index is 2.14. The molecule has 16 heavy (non-hydrogen) atoms. The maximum Gasteiger partial charge on any atom is 0.269 e. The zero-order chi connectivity index (χ0) is 11.5. The second-order valence-corrected chi connectivity index (χ2v) is 3.61. The SMILES string of the molecule is Cc1cnc(Cc2ccc([N+](=O)[O-])cc2)[nH]1. The maximum absolute atomic E-state index is 10.5. The molecule has 0 spiro atoms. The molecule has 0 amide bonds. The van der Waals surface area contributed by atoms with Crippen molar-refractivity contribution in [2.75, 3.05) is 0 Å². The first-order valence-electron chi connectivity index (χ1n) is 4.89. The number of nitrogens with zero attached hydrogens (tertiary/aromatic N) is 2. The van der Waals surface area contributed by atoms with Gasteiger partial charge in [0.15, 0.2) is 0 Å². The minimum absolute atomic E-state index is 0.111. The third-order valence-electron chi connectivity index (χ3n) is 2.27. The van der Waals surface area contributed by atoms with Gasteiger partial charge in [-0.05, 0) is 12.5 Å². The number of non-ortho nitro benzene ring substituents is 1. The van der Waals surface area contributed by atoms with Crippen LogP contribution < -0.4 is 0 Å². The number of nitro groups is 1. The summed E-state index contributed by atoms with van der Waals surface area (Å²) in [6.45, 7) is 1.94. The van der Waals surface area contributed by atoms with Crippen LogP contribution in [0.5, 0.6) is 0 Å². The summed E-state index contributed by atoms with van der Waals surface area (Å²) in [5.74, 6) is 0.867. The molecule has 0 unspecified atom stereocenters. The average molecular weight is 217 g/mol. The van der Waals surface area contributed by atoms with Crippen LogP contribution in [0.25, 0.3) is 0 Å². The fourth-order valence-corrected chi connectivity index (χ4v) is 1.49. The van der Waals surface area contributed by atoms with Crippen LogP contribution in [0.1, 0.15) is 17.1 Å². The molecule has 2 rings (SSSR count). The summed E-state index contributed by atoms with van der Waals surface area (Å²) in [5.41, 5.74) is 2.12. The van der Waals surface area contributed by atoms with E-state index in [0.717, 1.165) is 17.1 Å². The maximum atomic E-state index is 10.5. The second-order valence-electron chi connectivity index (χ2n) is 3.61. The summed E-state index contributed by atoms with van der Waals surface area (Å²) in [6, 6.07) is 6.50. The molecule has 0 aliphatic rings. The lowest BCUT2D eigenvalue weighted by molar-refractivity contribution is -0.384. The van der Waals surface area contributed by atoms with Crippen LogP contribution in [-0.2, 0) is 6.42 Å². The highest BCUT2D eigenvalue weighted by Crippen LogP contribution is 2.13. The molecule has 1 aromatic heterocycles. The zero-order valence-electron chi connectivity index (χ0n) is 8.80. The highest BCUT2D eigenvalue weighted by molar-refractivity contribution is 5.33. The lowest BCUT2D eigenvalue weighted by Gasteiger charge is -1.97. The molecule has 1 aromatic carbocycles. The molecule has 0 aliphatic carbocycles. The minimum Gasteiger partial charge on any atom is -0.346 e. The van der Waals surface area contributed by atoms with Crippen molar-refractivity contribution < 1.29 is 4.92 Å². The first-order chi connectivity index (χ1) is 7.65. The molecule has 5 nitrogen and oxygen atoms in total. The van der Waals surface area contributed by atoms with Gasteiger partial charge in [0.1, 0.15) is 5.82 Å². The predicted molar refractivity (Wildman–Crippen MR) is 59.2 cm³/mol. The van der Waals surface area contributed by atoms with Crippen LogP contribution in [0.15, 0.2) is 30.5 Å². The Morgan fingerprint density at radius 1 is 1.38 bits per heavy atom. The van der Waals surface area contributed by atoms with Crippen LogP contribution in [-0.4, -0.2) is 14.9 Å². The van der Waals surface area contributed by atoms with E-state index in [1.165, 1.54) is 12.1 Å². The van der Waals surface area contributed by atoms with Gasteiger partial charge >= 0.3 is 0 Å². The zero-order valence-corrected chi connectivity index (χ0v) is 8.80. The van der Waals surface area contributed by atoms with Gasteiger partial charge in [0.2, 0.25) is 0 Å². The monoisotopic (exact) mass is 217 g/mol. The number of H-pyrrole nitrogens is 1. The number of aromatic amines is 1. The van der Waals surface area contributed by atoms with Crippen molar-refractivity contribution in [3.63, 3.8) is 0 Å². The Hall–Kier alpha value is -2.17. The fourth-order valence-electron chi connectivity index (χ4n) is 1.49. The Morgan fingerprint density at radius 3 is 2.56 bits per heavy atom. The van der Waals surface area contributed by atoms with Crippen LogP contribution in [0.3, 0.4) is 0 Å². The molecule has 1 heterocycles. The third-order valence-corrected chi connectivity index (χ3v) is 2.27. The number of hydrogen-bond donors (Lipinski definition) is 1. The Morgan fingerprint density at radius 2 is 2.06 bits per heavy atom. The summed E-state index contributed by atoms with van der Waals surface area (Å²) >= 11 is 0. The van der Waals surface area contributed by atoms with Crippen molar-refractivity contribution in [1.82, 2.24) is 9.97 Å². The highest BCUT2D eigenvalue weighted by atomic mass is 16.6. The van der Waals surface area contributed by atoms with Crippen molar-refractivity contribution >= 4 is 5.69 Å². The fraction of sp³-hybridized carbons (Fsp3) is 0.182. The van der Waals surface area contributed by atoms with E-state index in [4.69, 9.17) is 0 Å². The number of aromatic nitrogens is 2. The Labute approximate surface area is 92.3 Å². The number of nitrogens with one attached hydrogen (secondary N) is 1. The molecule has 0 saturated heterocycles. The van der Waals surface area contributed by atoms with E-state index in [-0.39, 0.29) is 5.69 Å². The lowest BCUT2D eigenvalue weighted by atomic mass is 10.1. The average Bonchev–Trinajstić information content (AvgIpc) is 2.65. The minimum atomic E-state index is -0.402. The first-order valence-corrected chi connectivity index (χ1v) is 4.89. The summed E-state index contributed by atoms with van der Waals surface area (Å²) in [4.78, 5) is 17.4. The van der Waals surface area contributed by atoms with E-state index in [2.05, 4.69) is 9.97 Å². The molecule has 0 atom stereocenters. The van der Waals surface area contributed by atoms with Crippen molar-refractivity contribution in [3.8, 4) is 0 Å². The largest absolute Gasteiger partial charge is 0.346 e. The van der Waals surface area contributed by atoms with Gasteiger partial charge in [-0.1, -0.05) is 12.1 Å². The van der Waals surface area contributed by atoms with E-state index < -0.39 is 4.92 Å². The van der Waals surface area contributed by atoms with Gasteiger partial charge in [0.25, 0.3) is 5.69 Å². The molecule has 0 bridgehead atoms. The number of benzene rings is 1. The number of nitro benzene ring substituents is 1. The van der Waals surface area contributed by atoms with Gasteiger partial charge in [-0.3, -0.25) is 10.1 Å². The molecule has 1 N–H and O–H groups in total. The van der Waals surface area contributed by atoms with Crippen LogP contribution in [0.2, 0.25) is 0 Å². The molecule has 0 radical (unpaired) electrons. The van der Waals surface area contributed by atoms with E-state index in [9.17, 15) is 10.1 Å². The molecule has 82 valence electrons. The first kappa shape index (κ1) is 10.4. The van der Waals surface area contributed by atoms with E-state index in [1.54, 1.807) is 18.3 Å². The second kappa shape index (κ2) is 4.14. The summed E-state index contributed by atoms with van der Waals surface area (Å²) in [6.07, 6.45) is 2.42. The quantitative estimate of drug-likeness (QED) is 0.632. The third kappa shape index (κ3) is 2.25. The van der Waals surface area contributed by atoms with Crippen LogP contribution >= 0.6 is 0 Å². The highest BCUT2D eigenvalue weighted by Gasteiger charge is 2.05. The summed E-state index contributed by atoms with van der Waals surface area (Å²) in [7, 11) is 0. The molecule has 0 aliphatic heterocycles. The lowest BCUT2D eigenvalue weighted by Crippen LogP contribution is -1.92. The number of imidazole rings is 1. The van der Waals surface area contributed by atoms with Crippen molar-refractivity contribution in [2.24, 2.45) is 0 Å². The van der Waals surface area contributed by atoms with E-state index in [0.29, 0.717) is 6.42 Å². The topological polar surface area (TPSA) is 71.8 Å². The van der Waals surface area contributed by atoms with Gasteiger partial charge in [-0.2, -0.15) is 0 Å². The van der Waals surface area contributed by atoms with Gasteiger partial charge in [-0.25, -0.2) is 4.98 Å². The van der Waals surface area contributed by atoms with E-state index in [1.807, 2.05) is 6.92 Å². The molecule has 0 saturated carbocycles. The molecule has 0 fully saturated rings. The molecule has 2 aromatic rings. The Bertz CT molecular complexity index is 502. The smallest absolute Gasteiger partial charge is 0.269 e. The van der Waals surface area contributed by atoms with Crippen molar-refractivity contribution in [1.29, 1.82) is 0 Å². The Kier molecular flexibility index (Phi) is 2.68. The molecule has 5 heteroatoms. The summed E-state index contributed by atoms with van der Waals surface area (Å²) in [5, 5.41) is 10.5. The standard InChI is InChI=1S/C11H11N3O2/c1-8-7-12-11(13-8)6-9-2-4-10(5-3-9)14(15)16/h2-5,7H,6H2,1H3,(H,12,13). The number of rotatable bonds is 3. The van der Waals surface area contributed by atoms with Gasteiger partial charge < -0.3 is 4.98 Å². The van der Waals surface area contributed by atoms with Crippen molar-refractivity contribution in [3.05, 3.63) is 57.7 Å². The van der Waals surface area contributed by atoms with Gasteiger partial charge in [0.05, 0.1) is 4.92 Å². The molecular weight excluding hydrogens is 206 g/mol. The normalized spacial score (nSPS) is 10.3. The van der Waals surface area contributed by atoms with Crippen LogP contribution in [0, 0.1) is 17.0 Å². The number of hydrogen-bond acceptors (Lipinski definition) is 3. The summed E-state index contributed by atoms with van der Waals surface area (Å²) < 4.78 is 0. The van der Waals surface area contributed by atoms with Crippen LogP contribution in [0.4, 0.5) is 5.69 Å².